The molecule has 2 heterocycles. The molecule has 0 aromatic carbocycles. The molecule has 0 aliphatic heterocycles. The fourth-order valence-corrected chi connectivity index (χ4v) is 2.07. The quantitative estimate of drug-likeness (QED) is 0.368. The van der Waals surface area contributed by atoms with Gasteiger partial charge in [0.05, 0.1) is 12.9 Å². The third-order valence-electron chi connectivity index (χ3n) is 3.19. The van der Waals surface area contributed by atoms with Crippen LogP contribution in [0.5, 0.6) is 0 Å². The van der Waals surface area contributed by atoms with Gasteiger partial charge >= 0.3 is 0 Å². The van der Waals surface area contributed by atoms with Crippen LogP contribution in [0.4, 0.5) is 0 Å². The number of rotatable bonds is 8. The number of hydrogen-bond acceptors (Lipinski definition) is 4. The monoisotopic (exact) mass is 432 g/mol. The molecular formula is C14H25IN8. The van der Waals surface area contributed by atoms with Gasteiger partial charge in [-0.2, -0.15) is 0 Å². The van der Waals surface area contributed by atoms with Crippen molar-refractivity contribution < 1.29 is 0 Å². The molecule has 2 aromatic heterocycles. The van der Waals surface area contributed by atoms with Gasteiger partial charge in [0.25, 0.3) is 0 Å². The van der Waals surface area contributed by atoms with Crippen LogP contribution in [0.3, 0.4) is 0 Å². The summed E-state index contributed by atoms with van der Waals surface area (Å²) in [4.78, 5) is 8.60. The molecule has 8 nitrogen and oxygen atoms in total. The minimum Gasteiger partial charge on any atom is -0.357 e. The number of guanidine groups is 1. The summed E-state index contributed by atoms with van der Waals surface area (Å²) in [6, 6.07) is 0. The van der Waals surface area contributed by atoms with Crippen LogP contribution in [-0.4, -0.2) is 49.9 Å². The Balaban J connectivity index is 0.00000264. The van der Waals surface area contributed by atoms with Crippen molar-refractivity contribution in [3.63, 3.8) is 0 Å². The zero-order valence-electron chi connectivity index (χ0n) is 13.6. The number of aliphatic imine (C=N–C) groups is 1. The molecule has 23 heavy (non-hydrogen) atoms. The maximum absolute atomic E-state index is 4.58. The van der Waals surface area contributed by atoms with Gasteiger partial charge in [-0.05, 0) is 6.92 Å². The minimum atomic E-state index is 0. The van der Waals surface area contributed by atoms with Gasteiger partial charge in [-0.1, -0.05) is 6.92 Å². The second-order valence-corrected chi connectivity index (χ2v) is 4.78. The van der Waals surface area contributed by atoms with Crippen LogP contribution < -0.4 is 10.6 Å². The average molecular weight is 432 g/mol. The molecular weight excluding hydrogens is 407 g/mol. The number of halogens is 1. The molecule has 0 saturated heterocycles. The zero-order valence-corrected chi connectivity index (χ0v) is 16.0. The number of nitrogens with zero attached hydrogens (tertiary/aromatic N) is 6. The highest BCUT2D eigenvalue weighted by atomic mass is 127. The number of aromatic nitrogens is 5. The highest BCUT2D eigenvalue weighted by molar-refractivity contribution is 14.0. The third-order valence-corrected chi connectivity index (χ3v) is 3.19. The molecule has 0 bridgehead atoms. The summed E-state index contributed by atoms with van der Waals surface area (Å²) in [6.07, 6.45) is 8.18. The molecule has 0 amide bonds. The van der Waals surface area contributed by atoms with E-state index in [0.29, 0.717) is 6.54 Å². The summed E-state index contributed by atoms with van der Waals surface area (Å²) >= 11 is 0. The van der Waals surface area contributed by atoms with Gasteiger partial charge in [0.15, 0.2) is 5.96 Å². The zero-order chi connectivity index (χ0) is 15.6. The van der Waals surface area contributed by atoms with E-state index in [9.17, 15) is 0 Å². The van der Waals surface area contributed by atoms with Gasteiger partial charge < -0.3 is 19.8 Å². The molecule has 0 spiro atoms. The van der Waals surface area contributed by atoms with Crippen molar-refractivity contribution in [2.24, 2.45) is 4.99 Å². The summed E-state index contributed by atoms with van der Waals surface area (Å²) in [7, 11) is 0. The summed E-state index contributed by atoms with van der Waals surface area (Å²) in [6.45, 7) is 8.10. The Morgan fingerprint density at radius 2 is 2.09 bits per heavy atom. The van der Waals surface area contributed by atoms with E-state index in [2.05, 4.69) is 44.7 Å². The van der Waals surface area contributed by atoms with E-state index in [-0.39, 0.29) is 24.0 Å². The van der Waals surface area contributed by atoms with Crippen molar-refractivity contribution >= 4 is 29.9 Å². The first-order chi connectivity index (χ1) is 10.8. The number of imidazole rings is 1. The first-order valence-corrected chi connectivity index (χ1v) is 7.68. The van der Waals surface area contributed by atoms with E-state index in [1.807, 2.05) is 21.7 Å². The van der Waals surface area contributed by atoms with Crippen molar-refractivity contribution in [2.45, 2.75) is 33.4 Å². The first-order valence-electron chi connectivity index (χ1n) is 7.68. The lowest BCUT2D eigenvalue weighted by Crippen LogP contribution is -2.39. The van der Waals surface area contributed by atoms with E-state index in [1.165, 1.54) is 0 Å². The second-order valence-electron chi connectivity index (χ2n) is 4.78. The molecule has 0 aliphatic carbocycles. The molecule has 2 rings (SSSR count). The average Bonchev–Trinajstić information content (AvgIpc) is 3.18. The van der Waals surface area contributed by atoms with Crippen molar-refractivity contribution in [2.75, 3.05) is 19.6 Å². The standard InChI is InChI=1S/C14H24N8.HI/c1-3-13-20-19-12-22(13)10-7-18-14(16-4-2)17-6-9-21-8-5-15-11-21;/h5,8,11-12H,3-4,6-7,9-10H2,1-2H3,(H2,16,17,18);1H. The maximum Gasteiger partial charge on any atom is 0.191 e. The largest absolute Gasteiger partial charge is 0.357 e. The van der Waals surface area contributed by atoms with E-state index < -0.39 is 0 Å². The summed E-state index contributed by atoms with van der Waals surface area (Å²) < 4.78 is 4.07. The van der Waals surface area contributed by atoms with Crippen LogP contribution >= 0.6 is 24.0 Å². The fraction of sp³-hybridized carbons (Fsp3) is 0.571. The highest BCUT2D eigenvalue weighted by Gasteiger charge is 2.01. The van der Waals surface area contributed by atoms with Gasteiger partial charge in [0.2, 0.25) is 0 Å². The Labute approximate surface area is 153 Å². The van der Waals surface area contributed by atoms with Crippen molar-refractivity contribution in [3.05, 3.63) is 30.9 Å². The summed E-state index contributed by atoms with van der Waals surface area (Å²) in [5.41, 5.74) is 0. The lowest BCUT2D eigenvalue weighted by molar-refractivity contribution is 0.646. The molecule has 0 fully saturated rings. The van der Waals surface area contributed by atoms with Crippen molar-refractivity contribution in [1.29, 1.82) is 0 Å². The summed E-state index contributed by atoms with van der Waals surface area (Å²) in [5, 5.41) is 14.6. The Bertz CT molecular complexity index is 563. The predicted octanol–water partition coefficient (Wildman–Crippen LogP) is 0.910. The van der Waals surface area contributed by atoms with Gasteiger partial charge in [0.1, 0.15) is 12.2 Å². The molecule has 2 N–H and O–H groups in total. The number of hydrogen-bond donors (Lipinski definition) is 2. The molecule has 0 atom stereocenters. The number of aryl methyl sites for hydroxylation is 1. The van der Waals surface area contributed by atoms with Crippen LogP contribution in [0, 0.1) is 0 Å². The topological polar surface area (TPSA) is 85.0 Å². The van der Waals surface area contributed by atoms with E-state index in [4.69, 9.17) is 0 Å². The third kappa shape index (κ3) is 6.55. The van der Waals surface area contributed by atoms with Crippen molar-refractivity contribution in [1.82, 2.24) is 34.9 Å². The Kier molecular flexibility index (Phi) is 9.25. The van der Waals surface area contributed by atoms with Crippen molar-refractivity contribution in [3.8, 4) is 0 Å². The van der Waals surface area contributed by atoms with E-state index in [1.54, 1.807) is 12.5 Å². The molecule has 0 aliphatic rings. The Hall–Kier alpha value is -1.65. The highest BCUT2D eigenvalue weighted by Crippen LogP contribution is 1.95. The normalized spacial score (nSPS) is 11.1. The van der Waals surface area contributed by atoms with Gasteiger partial charge in [0, 0.05) is 45.0 Å². The first kappa shape index (κ1) is 19.4. The fourth-order valence-electron chi connectivity index (χ4n) is 2.07. The Morgan fingerprint density at radius 1 is 1.22 bits per heavy atom. The van der Waals surface area contributed by atoms with Gasteiger partial charge in [-0.25, -0.2) is 4.98 Å². The smallest absolute Gasteiger partial charge is 0.191 e. The number of nitrogens with one attached hydrogen (secondary N) is 2. The molecule has 0 saturated carbocycles. The second kappa shape index (κ2) is 11.0. The minimum absolute atomic E-state index is 0. The Morgan fingerprint density at radius 3 is 2.78 bits per heavy atom. The lowest BCUT2D eigenvalue weighted by Gasteiger charge is -2.11. The predicted molar refractivity (Wildman–Crippen MR) is 101 cm³/mol. The van der Waals surface area contributed by atoms with Crippen LogP contribution in [-0.2, 0) is 19.5 Å². The molecule has 128 valence electrons. The maximum atomic E-state index is 4.58. The lowest BCUT2D eigenvalue weighted by atomic mass is 10.4. The molecule has 9 heteroatoms. The van der Waals surface area contributed by atoms with E-state index >= 15 is 0 Å². The molecule has 0 unspecified atom stereocenters. The van der Waals surface area contributed by atoms with Gasteiger partial charge in [-0.3, -0.25) is 4.99 Å². The molecule has 0 radical (unpaired) electrons. The SMILES string of the molecule is CCNC(=NCCn1cnnc1CC)NCCn1ccnc1.I. The molecule has 2 aromatic rings. The van der Waals surface area contributed by atoms with Crippen LogP contribution in [0.1, 0.15) is 19.7 Å². The van der Waals surface area contributed by atoms with Gasteiger partial charge in [-0.15, -0.1) is 34.2 Å². The van der Waals surface area contributed by atoms with Crippen LogP contribution in [0.25, 0.3) is 0 Å². The van der Waals surface area contributed by atoms with Crippen LogP contribution in [0.15, 0.2) is 30.0 Å². The van der Waals surface area contributed by atoms with E-state index in [0.717, 1.165) is 44.4 Å². The van der Waals surface area contributed by atoms with Crippen LogP contribution in [0.2, 0.25) is 0 Å². The summed E-state index contributed by atoms with van der Waals surface area (Å²) in [5.74, 6) is 1.82.